The lowest BCUT2D eigenvalue weighted by molar-refractivity contribution is -0.118. The zero-order valence-corrected chi connectivity index (χ0v) is 16.9. The molecule has 1 aliphatic heterocycles. The summed E-state index contributed by atoms with van der Waals surface area (Å²) >= 11 is 0. The Morgan fingerprint density at radius 3 is 2.18 bits per heavy atom. The first-order valence-electron chi connectivity index (χ1n) is 8.47. The minimum absolute atomic E-state index is 0. The van der Waals surface area contributed by atoms with Crippen molar-refractivity contribution in [1.82, 2.24) is 4.90 Å². The summed E-state index contributed by atoms with van der Waals surface area (Å²) in [6.07, 6.45) is 0. The van der Waals surface area contributed by atoms with Crippen LogP contribution >= 0.6 is 24.8 Å². The molecule has 1 aliphatic rings. The quantitative estimate of drug-likeness (QED) is 0.638. The van der Waals surface area contributed by atoms with Crippen molar-refractivity contribution in [2.75, 3.05) is 49.2 Å². The summed E-state index contributed by atoms with van der Waals surface area (Å²) in [7, 11) is 0. The highest BCUT2D eigenvalue weighted by Gasteiger charge is 2.14. The van der Waals surface area contributed by atoms with E-state index in [-0.39, 0.29) is 36.6 Å². The molecule has 1 fully saturated rings. The Hall–Kier alpha value is -2.32. The zero-order valence-electron chi connectivity index (χ0n) is 15.2. The second-order valence-electron chi connectivity index (χ2n) is 6.09. The maximum Gasteiger partial charge on any atom is 0.255 e. The van der Waals surface area contributed by atoms with Crippen LogP contribution in [0.4, 0.5) is 17.1 Å². The maximum absolute atomic E-state index is 12.2. The lowest BCUT2D eigenvalue weighted by Gasteiger charge is -2.25. The molecule has 7 nitrogen and oxygen atoms in total. The molecule has 0 unspecified atom stereocenters. The van der Waals surface area contributed by atoms with E-state index in [0.717, 1.165) is 13.1 Å². The van der Waals surface area contributed by atoms with Crippen molar-refractivity contribution in [3.63, 3.8) is 0 Å². The molecule has 2 amide bonds. The largest absolute Gasteiger partial charge is 0.399 e. The van der Waals surface area contributed by atoms with Crippen LogP contribution in [0.2, 0.25) is 0 Å². The van der Waals surface area contributed by atoms with E-state index in [9.17, 15) is 9.59 Å². The SMILES string of the molecule is Cl.Cl.Nc1cccc(C(=O)Nc2ccc(NC(=O)CN3CCOCC3)cc2)c1. The molecule has 0 aliphatic carbocycles. The summed E-state index contributed by atoms with van der Waals surface area (Å²) in [5, 5.41) is 5.66. The Balaban J connectivity index is 0.00000196. The van der Waals surface area contributed by atoms with Gasteiger partial charge >= 0.3 is 0 Å². The van der Waals surface area contributed by atoms with Gasteiger partial charge in [0, 0.05) is 35.7 Å². The summed E-state index contributed by atoms with van der Waals surface area (Å²) < 4.78 is 5.27. The monoisotopic (exact) mass is 426 g/mol. The molecule has 2 aromatic rings. The van der Waals surface area contributed by atoms with Gasteiger partial charge in [-0.3, -0.25) is 14.5 Å². The van der Waals surface area contributed by atoms with Gasteiger partial charge in [0.05, 0.1) is 19.8 Å². The van der Waals surface area contributed by atoms with E-state index in [4.69, 9.17) is 10.5 Å². The van der Waals surface area contributed by atoms with E-state index in [1.54, 1.807) is 48.5 Å². The molecule has 0 atom stereocenters. The smallest absolute Gasteiger partial charge is 0.255 e. The lowest BCUT2D eigenvalue weighted by Crippen LogP contribution is -2.41. The van der Waals surface area contributed by atoms with Crippen LogP contribution in [0, 0.1) is 0 Å². The number of ether oxygens (including phenoxy) is 1. The van der Waals surface area contributed by atoms with Gasteiger partial charge in [0.2, 0.25) is 5.91 Å². The third-order valence-electron chi connectivity index (χ3n) is 4.05. The minimum Gasteiger partial charge on any atom is -0.399 e. The third-order valence-corrected chi connectivity index (χ3v) is 4.05. The summed E-state index contributed by atoms with van der Waals surface area (Å²) in [4.78, 5) is 26.3. The van der Waals surface area contributed by atoms with Gasteiger partial charge in [-0.2, -0.15) is 0 Å². The molecule has 0 spiro atoms. The van der Waals surface area contributed by atoms with Crippen LogP contribution in [0.25, 0.3) is 0 Å². The fourth-order valence-corrected chi connectivity index (χ4v) is 2.68. The van der Waals surface area contributed by atoms with Crippen LogP contribution in [0.3, 0.4) is 0 Å². The van der Waals surface area contributed by atoms with Crippen LogP contribution < -0.4 is 16.4 Å². The Labute approximate surface area is 176 Å². The molecule has 28 heavy (non-hydrogen) atoms. The minimum atomic E-state index is -0.235. The van der Waals surface area contributed by atoms with Crippen molar-refractivity contribution in [3.05, 3.63) is 54.1 Å². The number of rotatable bonds is 5. The van der Waals surface area contributed by atoms with Gasteiger partial charge in [0.1, 0.15) is 0 Å². The Kier molecular flexibility index (Phi) is 9.75. The van der Waals surface area contributed by atoms with Gasteiger partial charge in [-0.05, 0) is 42.5 Å². The van der Waals surface area contributed by atoms with Gasteiger partial charge in [0.15, 0.2) is 0 Å². The molecule has 4 N–H and O–H groups in total. The zero-order chi connectivity index (χ0) is 18.4. The first-order valence-corrected chi connectivity index (χ1v) is 8.47. The highest BCUT2D eigenvalue weighted by molar-refractivity contribution is 6.04. The second kappa shape index (κ2) is 11.5. The number of benzene rings is 2. The van der Waals surface area contributed by atoms with Crippen molar-refractivity contribution in [2.45, 2.75) is 0 Å². The maximum atomic E-state index is 12.2. The van der Waals surface area contributed by atoms with E-state index in [1.165, 1.54) is 0 Å². The molecule has 152 valence electrons. The van der Waals surface area contributed by atoms with Crippen molar-refractivity contribution in [2.24, 2.45) is 0 Å². The van der Waals surface area contributed by atoms with Crippen molar-refractivity contribution in [1.29, 1.82) is 0 Å². The second-order valence-corrected chi connectivity index (χ2v) is 6.09. The molecule has 1 saturated heterocycles. The number of anilines is 3. The van der Waals surface area contributed by atoms with Crippen molar-refractivity contribution < 1.29 is 14.3 Å². The molecule has 3 rings (SSSR count). The number of halogens is 2. The van der Waals surface area contributed by atoms with Gasteiger partial charge in [-0.1, -0.05) is 6.07 Å². The summed E-state index contributed by atoms with van der Waals surface area (Å²) in [6, 6.07) is 13.8. The van der Waals surface area contributed by atoms with Crippen molar-refractivity contribution >= 4 is 53.7 Å². The first kappa shape index (κ1) is 23.7. The number of hydrogen-bond acceptors (Lipinski definition) is 5. The van der Waals surface area contributed by atoms with E-state index < -0.39 is 0 Å². The lowest BCUT2D eigenvalue weighted by atomic mass is 10.2. The van der Waals surface area contributed by atoms with Crippen LogP contribution in [0.1, 0.15) is 10.4 Å². The van der Waals surface area contributed by atoms with Gasteiger partial charge in [-0.25, -0.2) is 0 Å². The molecule has 0 aromatic heterocycles. The molecular weight excluding hydrogens is 403 g/mol. The summed E-state index contributed by atoms with van der Waals surface area (Å²) in [5.41, 5.74) is 8.05. The fraction of sp³-hybridized carbons (Fsp3) is 0.263. The van der Waals surface area contributed by atoms with Crippen molar-refractivity contribution in [3.8, 4) is 0 Å². The van der Waals surface area contributed by atoms with E-state index in [0.29, 0.717) is 42.4 Å². The van der Waals surface area contributed by atoms with Gasteiger partial charge in [0.25, 0.3) is 5.91 Å². The molecule has 0 saturated carbocycles. The Bertz CT molecular complexity index is 781. The molecule has 0 radical (unpaired) electrons. The Morgan fingerprint density at radius 2 is 1.57 bits per heavy atom. The number of nitrogen functional groups attached to an aromatic ring is 1. The first-order chi connectivity index (χ1) is 12.6. The number of carbonyl (C=O) groups is 2. The number of hydrogen-bond donors (Lipinski definition) is 3. The fourth-order valence-electron chi connectivity index (χ4n) is 2.68. The average molecular weight is 427 g/mol. The Morgan fingerprint density at radius 1 is 0.964 bits per heavy atom. The topological polar surface area (TPSA) is 96.7 Å². The van der Waals surface area contributed by atoms with E-state index in [2.05, 4.69) is 15.5 Å². The van der Waals surface area contributed by atoms with E-state index >= 15 is 0 Å². The molecule has 9 heteroatoms. The van der Waals surface area contributed by atoms with Crippen LogP contribution in [-0.4, -0.2) is 49.6 Å². The van der Waals surface area contributed by atoms with E-state index in [1.807, 2.05) is 0 Å². The number of nitrogens with zero attached hydrogens (tertiary/aromatic N) is 1. The number of nitrogens with two attached hydrogens (primary N) is 1. The number of nitrogens with one attached hydrogen (secondary N) is 2. The highest BCUT2D eigenvalue weighted by Crippen LogP contribution is 2.15. The van der Waals surface area contributed by atoms with Crippen LogP contribution in [0.15, 0.2) is 48.5 Å². The molecule has 0 bridgehead atoms. The van der Waals surface area contributed by atoms with Gasteiger partial charge < -0.3 is 21.1 Å². The number of amides is 2. The molecular formula is C19H24Cl2N4O3. The predicted molar refractivity (Wildman–Crippen MR) is 116 cm³/mol. The predicted octanol–water partition coefficient (Wildman–Crippen LogP) is 2.64. The van der Waals surface area contributed by atoms with Crippen LogP contribution in [-0.2, 0) is 9.53 Å². The average Bonchev–Trinajstić information content (AvgIpc) is 2.64. The van der Waals surface area contributed by atoms with Crippen LogP contribution in [0.5, 0.6) is 0 Å². The third kappa shape index (κ3) is 7.01. The molecule has 1 heterocycles. The van der Waals surface area contributed by atoms with Gasteiger partial charge in [-0.15, -0.1) is 24.8 Å². The normalized spacial score (nSPS) is 13.6. The number of morpholine rings is 1. The summed E-state index contributed by atoms with van der Waals surface area (Å²) in [6.45, 7) is 3.20. The number of carbonyl (C=O) groups excluding carboxylic acids is 2. The molecule has 2 aromatic carbocycles. The summed E-state index contributed by atoms with van der Waals surface area (Å²) in [5.74, 6) is -0.301. The standard InChI is InChI=1S/C19H22N4O3.2ClH/c20-15-3-1-2-14(12-15)19(25)22-17-6-4-16(5-7-17)21-18(24)13-23-8-10-26-11-9-23;;/h1-7,12H,8-11,13,20H2,(H,21,24)(H,22,25);2*1H. The highest BCUT2D eigenvalue weighted by atomic mass is 35.5.